The lowest BCUT2D eigenvalue weighted by Gasteiger charge is -2.33. The van der Waals surface area contributed by atoms with Gasteiger partial charge < -0.3 is 20.3 Å². The summed E-state index contributed by atoms with van der Waals surface area (Å²) in [6.45, 7) is 4.18. The third-order valence-corrected chi connectivity index (χ3v) is 5.26. The van der Waals surface area contributed by atoms with Crippen molar-refractivity contribution in [2.24, 2.45) is 0 Å². The number of carbonyl (C=O) groups is 2. The first-order valence-corrected chi connectivity index (χ1v) is 10.0. The number of aromatic nitrogens is 2. The highest BCUT2D eigenvalue weighted by molar-refractivity contribution is 7.99. The number of thioether (sulfide) groups is 1. The number of aromatic hydroxyl groups is 1. The van der Waals surface area contributed by atoms with Gasteiger partial charge in [-0.15, -0.1) is 0 Å². The molecule has 0 aliphatic carbocycles. The van der Waals surface area contributed by atoms with Gasteiger partial charge in [0.2, 0.25) is 18.1 Å². The minimum atomic E-state index is -0.559. The fourth-order valence-electron chi connectivity index (χ4n) is 2.73. The zero-order valence-corrected chi connectivity index (χ0v) is 17.0. The van der Waals surface area contributed by atoms with E-state index in [4.69, 9.17) is 0 Å². The van der Waals surface area contributed by atoms with Gasteiger partial charge in [-0.3, -0.25) is 14.4 Å². The van der Waals surface area contributed by atoms with Crippen LogP contribution in [0.5, 0.6) is 5.75 Å². The van der Waals surface area contributed by atoms with E-state index >= 15 is 0 Å². The number of hydrogen-bond acceptors (Lipinski definition) is 6. The molecular formula is C19H23FN4O4S. The van der Waals surface area contributed by atoms with Gasteiger partial charge in [-0.2, -0.15) is 11.8 Å². The molecule has 2 amide bonds. The van der Waals surface area contributed by atoms with E-state index in [1.54, 1.807) is 35.7 Å². The first-order chi connectivity index (χ1) is 13.8. The Hall–Kier alpha value is -2.88. The summed E-state index contributed by atoms with van der Waals surface area (Å²) >= 11 is 1.72. The number of benzene rings is 1. The fourth-order valence-corrected chi connectivity index (χ4v) is 3.78. The number of nitrogens with one attached hydrogen (secondary N) is 2. The highest BCUT2D eigenvalue weighted by Crippen LogP contribution is 2.27. The van der Waals surface area contributed by atoms with E-state index in [1.165, 1.54) is 19.1 Å². The molecule has 2 heterocycles. The maximum atomic E-state index is 12.3. The number of aromatic amines is 1. The molecule has 1 atom stereocenters. The maximum Gasteiger partial charge on any atom is 0.293 e. The van der Waals surface area contributed by atoms with E-state index in [9.17, 15) is 23.9 Å². The average molecular weight is 422 g/mol. The summed E-state index contributed by atoms with van der Waals surface area (Å²) in [4.78, 5) is 41.4. The van der Waals surface area contributed by atoms with Crippen molar-refractivity contribution in [2.75, 3.05) is 18.1 Å². The Kier molecular flexibility index (Phi) is 8.20. The molecule has 8 nitrogen and oxygen atoms in total. The first kappa shape index (κ1) is 22.4. The van der Waals surface area contributed by atoms with Gasteiger partial charge in [0.05, 0.1) is 11.7 Å². The number of hydrogen-bond donors (Lipinski definition) is 3. The molecule has 3 rings (SSSR count). The van der Waals surface area contributed by atoms with Crippen LogP contribution in [0.15, 0.2) is 29.1 Å². The zero-order valence-electron chi connectivity index (χ0n) is 16.1. The first-order valence-electron chi connectivity index (χ1n) is 8.89. The number of halogens is 1. The Morgan fingerprint density at radius 3 is 2.72 bits per heavy atom. The van der Waals surface area contributed by atoms with Gasteiger partial charge in [-0.05, 0) is 24.6 Å². The number of amides is 2. The molecule has 3 N–H and O–H groups in total. The van der Waals surface area contributed by atoms with E-state index in [1.807, 2.05) is 0 Å². The molecule has 1 unspecified atom stereocenters. The molecule has 1 fully saturated rings. The van der Waals surface area contributed by atoms with Gasteiger partial charge >= 0.3 is 0 Å². The molecule has 1 aliphatic heterocycles. The van der Waals surface area contributed by atoms with Crippen LogP contribution in [-0.4, -0.2) is 50.3 Å². The monoisotopic (exact) mass is 422 g/mol. The van der Waals surface area contributed by atoms with Gasteiger partial charge in [0.25, 0.3) is 5.56 Å². The van der Waals surface area contributed by atoms with Gasteiger partial charge in [0.15, 0.2) is 0 Å². The van der Waals surface area contributed by atoms with Crippen LogP contribution in [-0.2, 0) is 16.1 Å². The summed E-state index contributed by atoms with van der Waals surface area (Å²) < 4.78 is 12.3. The van der Waals surface area contributed by atoms with Crippen LogP contribution in [0.2, 0.25) is 0 Å². The van der Waals surface area contributed by atoms with E-state index < -0.39 is 5.56 Å². The minimum Gasteiger partial charge on any atom is -0.502 e. The Bertz CT molecular complexity index is 904. The maximum absolute atomic E-state index is 12.3. The van der Waals surface area contributed by atoms with E-state index in [2.05, 4.69) is 15.3 Å². The third kappa shape index (κ3) is 6.31. The van der Waals surface area contributed by atoms with Gasteiger partial charge in [0.1, 0.15) is 11.6 Å². The molecule has 1 aromatic carbocycles. The lowest BCUT2D eigenvalue weighted by Crippen LogP contribution is -2.40. The Morgan fingerprint density at radius 2 is 2.14 bits per heavy atom. The zero-order chi connectivity index (χ0) is 21.4. The van der Waals surface area contributed by atoms with Crippen LogP contribution in [0, 0.1) is 12.7 Å². The minimum absolute atomic E-state index is 0.0336. The smallest absolute Gasteiger partial charge is 0.293 e. The summed E-state index contributed by atoms with van der Waals surface area (Å²) in [5.41, 5.74) is 0.614. The number of carbonyl (C=O) groups excluding carboxylic acids is 2. The molecule has 1 aromatic heterocycles. The number of rotatable bonds is 4. The second kappa shape index (κ2) is 10.6. The number of aryl methyl sites for hydroxylation is 1. The van der Waals surface area contributed by atoms with Crippen molar-refractivity contribution in [1.29, 1.82) is 0 Å². The van der Waals surface area contributed by atoms with Crippen LogP contribution >= 0.6 is 11.8 Å². The molecule has 29 heavy (non-hydrogen) atoms. The molecule has 10 heteroatoms. The molecule has 156 valence electrons. The van der Waals surface area contributed by atoms with Crippen molar-refractivity contribution in [3.63, 3.8) is 0 Å². The Balaban J connectivity index is 0.000000234. The second-order valence-electron chi connectivity index (χ2n) is 6.31. The lowest BCUT2D eigenvalue weighted by molar-refractivity contribution is -0.130. The molecule has 0 spiro atoms. The van der Waals surface area contributed by atoms with Crippen molar-refractivity contribution in [2.45, 2.75) is 26.4 Å². The van der Waals surface area contributed by atoms with Crippen molar-refractivity contribution in [3.8, 4) is 5.75 Å². The van der Waals surface area contributed by atoms with Crippen LogP contribution in [0.3, 0.4) is 0 Å². The van der Waals surface area contributed by atoms with Crippen molar-refractivity contribution < 1.29 is 19.1 Å². The molecule has 0 saturated carbocycles. The van der Waals surface area contributed by atoms with Crippen molar-refractivity contribution in [1.82, 2.24) is 20.2 Å². The summed E-state index contributed by atoms with van der Waals surface area (Å²) in [5.74, 6) is 1.37. The van der Waals surface area contributed by atoms with Crippen LogP contribution in [0.4, 0.5) is 4.39 Å². The van der Waals surface area contributed by atoms with E-state index in [0.29, 0.717) is 31.1 Å². The summed E-state index contributed by atoms with van der Waals surface area (Å²) in [6, 6.07) is 5.76. The summed E-state index contributed by atoms with van der Waals surface area (Å²) in [6.07, 6.45) is 0.614. The quantitative estimate of drug-likeness (QED) is 0.643. The Morgan fingerprint density at radius 1 is 1.45 bits per heavy atom. The Labute approximate surface area is 171 Å². The molecule has 0 bridgehead atoms. The molecule has 0 radical (unpaired) electrons. The third-order valence-electron chi connectivity index (χ3n) is 4.24. The average Bonchev–Trinajstić information content (AvgIpc) is 2.71. The highest BCUT2D eigenvalue weighted by atomic mass is 32.2. The number of H-pyrrole nitrogens is 1. The normalized spacial score (nSPS) is 15.8. The highest BCUT2D eigenvalue weighted by Gasteiger charge is 2.28. The van der Waals surface area contributed by atoms with Crippen LogP contribution in [0.1, 0.15) is 30.0 Å². The fraction of sp³-hybridized carbons (Fsp3) is 0.368. The largest absolute Gasteiger partial charge is 0.502 e. The van der Waals surface area contributed by atoms with Crippen LogP contribution < -0.4 is 10.9 Å². The molecule has 2 aromatic rings. The molecular weight excluding hydrogens is 399 g/mol. The van der Waals surface area contributed by atoms with E-state index in [-0.39, 0.29) is 29.2 Å². The van der Waals surface area contributed by atoms with Gasteiger partial charge in [-0.25, -0.2) is 9.37 Å². The van der Waals surface area contributed by atoms with Gasteiger partial charge in [0, 0.05) is 31.5 Å². The standard InChI is InChI=1S/C11H15N3O3S.C8H8FNO/c1-6-9(16)11(17)13-10(12-6)8-5-18-4-3-14(8)7(2)15;9-8-3-1-7(2-4-8)5-10-6-11/h8,16H,3-5H2,1-2H3,(H,12,13,17);1-4,6H,5H2,(H,10,11). The summed E-state index contributed by atoms with van der Waals surface area (Å²) in [7, 11) is 0. The van der Waals surface area contributed by atoms with Gasteiger partial charge in [-0.1, -0.05) is 12.1 Å². The van der Waals surface area contributed by atoms with Crippen molar-refractivity contribution >= 4 is 24.1 Å². The predicted octanol–water partition coefficient (Wildman–Crippen LogP) is 1.49. The second-order valence-corrected chi connectivity index (χ2v) is 7.46. The van der Waals surface area contributed by atoms with Crippen LogP contribution in [0.25, 0.3) is 0 Å². The molecule has 1 aliphatic rings. The summed E-state index contributed by atoms with van der Waals surface area (Å²) in [5, 5.41) is 11.9. The molecule has 1 saturated heterocycles. The lowest BCUT2D eigenvalue weighted by atomic mass is 10.2. The predicted molar refractivity (Wildman–Crippen MR) is 108 cm³/mol. The van der Waals surface area contributed by atoms with E-state index in [0.717, 1.165) is 11.3 Å². The SMILES string of the molecule is CC(=O)N1CCSCC1c1nc(C)c(O)c(=O)[nH]1.O=CNCc1ccc(F)cc1. The number of nitrogens with zero attached hydrogens (tertiary/aromatic N) is 2. The van der Waals surface area contributed by atoms with Crippen molar-refractivity contribution in [3.05, 3.63) is 57.5 Å². The topological polar surface area (TPSA) is 115 Å².